The fourth-order valence-corrected chi connectivity index (χ4v) is 2.39. The Morgan fingerprint density at radius 3 is 3.00 bits per heavy atom. The van der Waals surface area contributed by atoms with Gasteiger partial charge in [0.2, 0.25) is 0 Å². The minimum atomic E-state index is -0.231. The topological polar surface area (TPSA) is 0 Å². The van der Waals surface area contributed by atoms with Crippen LogP contribution in [0.15, 0.2) is 17.5 Å². The van der Waals surface area contributed by atoms with E-state index in [0.717, 1.165) is 10.1 Å². The standard InChI is InChI=1S/C9H6ClFS/c1-5-6-2-3-12-9(6)7(10)4-8(5)11/h2-4H,1H3. The average Bonchev–Trinajstić information content (AvgIpc) is 2.48. The summed E-state index contributed by atoms with van der Waals surface area (Å²) in [5.41, 5.74) is 0.677. The van der Waals surface area contributed by atoms with Gasteiger partial charge in [0.25, 0.3) is 0 Å². The van der Waals surface area contributed by atoms with Crippen molar-refractivity contribution in [1.29, 1.82) is 0 Å². The van der Waals surface area contributed by atoms with Gasteiger partial charge in [0.05, 0.1) is 9.72 Å². The van der Waals surface area contributed by atoms with Crippen LogP contribution in [0.1, 0.15) is 5.56 Å². The number of fused-ring (bicyclic) bond motifs is 1. The zero-order chi connectivity index (χ0) is 8.72. The molecule has 1 aromatic heterocycles. The summed E-state index contributed by atoms with van der Waals surface area (Å²) in [6.45, 7) is 1.76. The fourth-order valence-electron chi connectivity index (χ4n) is 1.20. The third-order valence-electron chi connectivity index (χ3n) is 1.90. The summed E-state index contributed by atoms with van der Waals surface area (Å²) in [6.07, 6.45) is 0. The molecule has 0 unspecified atom stereocenters. The first kappa shape index (κ1) is 8.02. The van der Waals surface area contributed by atoms with Gasteiger partial charge in [-0.05, 0) is 35.4 Å². The number of thiophene rings is 1. The van der Waals surface area contributed by atoms with Gasteiger partial charge in [-0.25, -0.2) is 4.39 Å². The molecule has 0 bridgehead atoms. The summed E-state index contributed by atoms with van der Waals surface area (Å²) in [5.74, 6) is -0.231. The van der Waals surface area contributed by atoms with E-state index in [2.05, 4.69) is 0 Å². The highest BCUT2D eigenvalue weighted by Crippen LogP contribution is 2.32. The van der Waals surface area contributed by atoms with Crippen LogP contribution in [0.5, 0.6) is 0 Å². The molecule has 2 aromatic rings. The van der Waals surface area contributed by atoms with Gasteiger partial charge in [-0.1, -0.05) is 11.6 Å². The van der Waals surface area contributed by atoms with E-state index < -0.39 is 0 Å². The smallest absolute Gasteiger partial charge is 0.128 e. The van der Waals surface area contributed by atoms with Gasteiger partial charge < -0.3 is 0 Å². The lowest BCUT2D eigenvalue weighted by Crippen LogP contribution is -1.81. The summed E-state index contributed by atoms with van der Waals surface area (Å²) < 4.78 is 14.1. The fraction of sp³-hybridized carbons (Fsp3) is 0.111. The van der Waals surface area contributed by atoms with E-state index >= 15 is 0 Å². The summed E-state index contributed by atoms with van der Waals surface area (Å²) in [4.78, 5) is 0. The first-order valence-corrected chi connectivity index (χ1v) is 4.77. The minimum absolute atomic E-state index is 0.231. The van der Waals surface area contributed by atoms with Gasteiger partial charge >= 0.3 is 0 Å². The number of rotatable bonds is 0. The Balaban J connectivity index is 2.97. The first-order chi connectivity index (χ1) is 5.70. The van der Waals surface area contributed by atoms with Crippen molar-refractivity contribution in [2.75, 3.05) is 0 Å². The van der Waals surface area contributed by atoms with Crippen LogP contribution >= 0.6 is 22.9 Å². The Kier molecular flexibility index (Phi) is 1.81. The minimum Gasteiger partial charge on any atom is -0.207 e. The van der Waals surface area contributed by atoms with Crippen LogP contribution in [0.2, 0.25) is 5.02 Å². The highest BCUT2D eigenvalue weighted by atomic mass is 35.5. The van der Waals surface area contributed by atoms with Gasteiger partial charge in [-0.3, -0.25) is 0 Å². The van der Waals surface area contributed by atoms with Crippen molar-refractivity contribution in [3.8, 4) is 0 Å². The van der Waals surface area contributed by atoms with Crippen LogP contribution in [0.3, 0.4) is 0 Å². The molecule has 3 heteroatoms. The Labute approximate surface area is 78.6 Å². The maximum Gasteiger partial charge on any atom is 0.128 e. The number of benzene rings is 1. The van der Waals surface area contributed by atoms with Crippen molar-refractivity contribution < 1.29 is 4.39 Å². The summed E-state index contributed by atoms with van der Waals surface area (Å²) in [6, 6.07) is 3.26. The number of hydrogen-bond acceptors (Lipinski definition) is 1. The summed E-state index contributed by atoms with van der Waals surface area (Å²) >= 11 is 7.38. The van der Waals surface area contributed by atoms with Crippen LogP contribution in [0.25, 0.3) is 10.1 Å². The van der Waals surface area contributed by atoms with Gasteiger partial charge in [0.15, 0.2) is 0 Å². The predicted octanol–water partition coefficient (Wildman–Crippen LogP) is 4.00. The van der Waals surface area contributed by atoms with Crippen LogP contribution in [0.4, 0.5) is 4.39 Å². The second kappa shape index (κ2) is 2.71. The molecule has 0 N–H and O–H groups in total. The molecule has 2 rings (SSSR count). The van der Waals surface area contributed by atoms with Crippen LogP contribution in [-0.2, 0) is 0 Å². The highest BCUT2D eigenvalue weighted by Gasteiger charge is 2.07. The average molecular weight is 201 g/mol. The van der Waals surface area contributed by atoms with Crippen molar-refractivity contribution in [2.24, 2.45) is 0 Å². The van der Waals surface area contributed by atoms with Crippen LogP contribution < -0.4 is 0 Å². The maximum atomic E-state index is 13.1. The van der Waals surface area contributed by atoms with Crippen molar-refractivity contribution in [1.82, 2.24) is 0 Å². The van der Waals surface area contributed by atoms with Crippen LogP contribution in [-0.4, -0.2) is 0 Å². The lowest BCUT2D eigenvalue weighted by atomic mass is 10.1. The SMILES string of the molecule is Cc1c(F)cc(Cl)c2sccc12. The largest absolute Gasteiger partial charge is 0.207 e. The number of hydrogen-bond donors (Lipinski definition) is 0. The second-order valence-electron chi connectivity index (χ2n) is 2.63. The molecule has 62 valence electrons. The number of halogens is 2. The van der Waals surface area contributed by atoms with Crippen molar-refractivity contribution >= 4 is 33.0 Å². The molecule has 1 heterocycles. The lowest BCUT2D eigenvalue weighted by molar-refractivity contribution is 0.621. The van der Waals surface area contributed by atoms with Crippen molar-refractivity contribution in [2.45, 2.75) is 6.92 Å². The molecular weight excluding hydrogens is 195 g/mol. The summed E-state index contributed by atoms with van der Waals surface area (Å²) in [7, 11) is 0. The quantitative estimate of drug-likeness (QED) is 0.603. The normalized spacial score (nSPS) is 10.9. The van der Waals surface area contributed by atoms with E-state index in [1.54, 1.807) is 6.92 Å². The van der Waals surface area contributed by atoms with Crippen molar-refractivity contribution in [3.05, 3.63) is 33.9 Å². The van der Waals surface area contributed by atoms with E-state index in [1.165, 1.54) is 17.4 Å². The molecule has 0 saturated carbocycles. The molecule has 0 aliphatic heterocycles. The third-order valence-corrected chi connectivity index (χ3v) is 3.26. The lowest BCUT2D eigenvalue weighted by Gasteiger charge is -1.99. The molecule has 0 atom stereocenters. The number of aryl methyl sites for hydroxylation is 1. The Morgan fingerprint density at radius 2 is 2.25 bits per heavy atom. The maximum absolute atomic E-state index is 13.1. The van der Waals surface area contributed by atoms with Gasteiger partial charge in [0, 0.05) is 0 Å². The zero-order valence-electron chi connectivity index (χ0n) is 6.40. The Bertz CT molecular complexity index is 433. The van der Waals surface area contributed by atoms with E-state index in [9.17, 15) is 4.39 Å². The molecule has 0 radical (unpaired) electrons. The van der Waals surface area contributed by atoms with Gasteiger partial charge in [-0.2, -0.15) is 0 Å². The second-order valence-corrected chi connectivity index (χ2v) is 3.95. The molecule has 12 heavy (non-hydrogen) atoms. The molecule has 0 aliphatic rings. The van der Waals surface area contributed by atoms with Gasteiger partial charge in [-0.15, -0.1) is 11.3 Å². The van der Waals surface area contributed by atoms with E-state index in [1.807, 2.05) is 11.4 Å². The molecule has 0 saturated heterocycles. The third kappa shape index (κ3) is 1.03. The van der Waals surface area contributed by atoms with E-state index in [4.69, 9.17) is 11.6 Å². The van der Waals surface area contributed by atoms with Crippen molar-refractivity contribution in [3.63, 3.8) is 0 Å². The molecule has 0 fully saturated rings. The van der Waals surface area contributed by atoms with Gasteiger partial charge in [0.1, 0.15) is 5.82 Å². The van der Waals surface area contributed by atoms with E-state index in [-0.39, 0.29) is 5.82 Å². The molecule has 0 nitrogen and oxygen atoms in total. The Morgan fingerprint density at radius 1 is 1.50 bits per heavy atom. The van der Waals surface area contributed by atoms with E-state index in [0.29, 0.717) is 10.6 Å². The zero-order valence-corrected chi connectivity index (χ0v) is 7.97. The Hall–Kier alpha value is -0.600. The first-order valence-electron chi connectivity index (χ1n) is 3.52. The summed E-state index contributed by atoms with van der Waals surface area (Å²) in [5, 5.41) is 3.34. The molecule has 0 amide bonds. The predicted molar refractivity (Wildman–Crippen MR) is 51.5 cm³/mol. The molecule has 1 aromatic carbocycles. The molecule has 0 aliphatic carbocycles. The molecule has 0 spiro atoms. The van der Waals surface area contributed by atoms with Crippen LogP contribution in [0, 0.1) is 12.7 Å². The highest BCUT2D eigenvalue weighted by molar-refractivity contribution is 7.17. The molecular formula is C9H6ClFS. The monoisotopic (exact) mass is 200 g/mol.